The summed E-state index contributed by atoms with van der Waals surface area (Å²) < 4.78 is 5.41. The van der Waals surface area contributed by atoms with Gasteiger partial charge in [0.2, 0.25) is 0 Å². The van der Waals surface area contributed by atoms with Gasteiger partial charge >= 0.3 is 0 Å². The van der Waals surface area contributed by atoms with E-state index in [1.807, 2.05) is 12.1 Å². The van der Waals surface area contributed by atoms with E-state index in [0.717, 1.165) is 38.0 Å². The summed E-state index contributed by atoms with van der Waals surface area (Å²) in [5.41, 5.74) is 5.85. The summed E-state index contributed by atoms with van der Waals surface area (Å²) in [5.74, 6) is 1.52. The predicted molar refractivity (Wildman–Crippen MR) is 61.7 cm³/mol. The highest BCUT2D eigenvalue weighted by Gasteiger charge is 2.18. The van der Waals surface area contributed by atoms with Crippen LogP contribution in [0.3, 0.4) is 0 Å². The van der Waals surface area contributed by atoms with Gasteiger partial charge in [-0.2, -0.15) is 0 Å². The number of hydrogen-bond acceptors (Lipinski definition) is 4. The number of furan rings is 1. The molecule has 4 nitrogen and oxygen atoms in total. The van der Waals surface area contributed by atoms with Crippen molar-refractivity contribution in [2.24, 2.45) is 5.73 Å². The minimum Gasteiger partial charge on any atom is -0.462 e. The van der Waals surface area contributed by atoms with Crippen molar-refractivity contribution in [3.8, 4) is 0 Å². The number of aliphatic hydroxyl groups excluding tert-OH is 1. The number of hydrogen-bond donors (Lipinski definition) is 3. The molecule has 0 aliphatic heterocycles. The molecule has 4 N–H and O–H groups in total. The van der Waals surface area contributed by atoms with Gasteiger partial charge in [-0.25, -0.2) is 0 Å². The number of nitrogens with one attached hydrogen (secondary N) is 1. The monoisotopic (exact) mass is 224 g/mol. The van der Waals surface area contributed by atoms with Crippen molar-refractivity contribution in [3.63, 3.8) is 0 Å². The van der Waals surface area contributed by atoms with E-state index in [9.17, 15) is 0 Å². The standard InChI is InChI=1S/C12H20N2O2/c13-9-1-3-10(4-2-9)14-7-11-5-6-12(8-15)16-11/h5-6,9-10,14-15H,1-4,7-8,13H2. The van der Waals surface area contributed by atoms with Gasteiger partial charge in [0.05, 0.1) is 6.54 Å². The molecular formula is C12H20N2O2. The third-order valence-corrected chi connectivity index (χ3v) is 3.21. The average Bonchev–Trinajstić information content (AvgIpc) is 2.76. The van der Waals surface area contributed by atoms with Crippen molar-refractivity contribution in [1.29, 1.82) is 0 Å². The molecule has 0 unspecified atom stereocenters. The molecular weight excluding hydrogens is 204 g/mol. The molecule has 1 aromatic heterocycles. The van der Waals surface area contributed by atoms with Crippen LogP contribution < -0.4 is 11.1 Å². The second-order valence-electron chi connectivity index (χ2n) is 4.52. The highest BCUT2D eigenvalue weighted by atomic mass is 16.4. The first kappa shape index (κ1) is 11.6. The molecule has 1 heterocycles. The molecule has 1 aromatic rings. The van der Waals surface area contributed by atoms with Crippen LogP contribution in [-0.4, -0.2) is 17.2 Å². The first-order valence-corrected chi connectivity index (χ1v) is 5.95. The fraction of sp³-hybridized carbons (Fsp3) is 0.667. The summed E-state index contributed by atoms with van der Waals surface area (Å²) in [6.07, 6.45) is 4.51. The molecule has 1 aliphatic carbocycles. The molecule has 0 saturated heterocycles. The van der Waals surface area contributed by atoms with E-state index >= 15 is 0 Å². The minimum absolute atomic E-state index is 0.0295. The van der Waals surface area contributed by atoms with Crippen LogP contribution in [-0.2, 0) is 13.2 Å². The van der Waals surface area contributed by atoms with Crippen LogP contribution in [0.5, 0.6) is 0 Å². The van der Waals surface area contributed by atoms with E-state index in [4.69, 9.17) is 15.3 Å². The molecule has 0 spiro atoms. The molecule has 1 fully saturated rings. The van der Waals surface area contributed by atoms with E-state index in [1.54, 1.807) is 0 Å². The lowest BCUT2D eigenvalue weighted by molar-refractivity contribution is 0.241. The van der Waals surface area contributed by atoms with E-state index < -0.39 is 0 Å². The zero-order valence-electron chi connectivity index (χ0n) is 9.48. The zero-order valence-corrected chi connectivity index (χ0v) is 9.48. The molecule has 16 heavy (non-hydrogen) atoms. The maximum atomic E-state index is 8.87. The van der Waals surface area contributed by atoms with Crippen molar-refractivity contribution in [3.05, 3.63) is 23.7 Å². The van der Waals surface area contributed by atoms with Crippen LogP contribution in [0, 0.1) is 0 Å². The second kappa shape index (κ2) is 5.48. The molecule has 0 radical (unpaired) electrons. The summed E-state index contributed by atoms with van der Waals surface area (Å²) in [4.78, 5) is 0. The molecule has 2 rings (SSSR count). The number of nitrogens with two attached hydrogens (primary N) is 1. The predicted octanol–water partition coefficient (Wildman–Crippen LogP) is 1.13. The van der Waals surface area contributed by atoms with Crippen LogP contribution in [0.1, 0.15) is 37.2 Å². The summed E-state index contributed by atoms with van der Waals surface area (Å²) in [6.45, 7) is 0.707. The summed E-state index contributed by atoms with van der Waals surface area (Å²) in [6, 6.07) is 4.67. The van der Waals surface area contributed by atoms with Gasteiger partial charge in [-0.1, -0.05) is 0 Å². The number of aliphatic hydroxyl groups is 1. The number of rotatable bonds is 4. The van der Waals surface area contributed by atoms with Crippen LogP contribution in [0.25, 0.3) is 0 Å². The third kappa shape index (κ3) is 3.07. The van der Waals surface area contributed by atoms with Crippen LogP contribution in [0.2, 0.25) is 0 Å². The molecule has 1 saturated carbocycles. The van der Waals surface area contributed by atoms with Crippen LogP contribution >= 0.6 is 0 Å². The highest BCUT2D eigenvalue weighted by Crippen LogP contribution is 2.17. The molecule has 0 amide bonds. The molecule has 0 aromatic carbocycles. The van der Waals surface area contributed by atoms with E-state index in [2.05, 4.69) is 5.32 Å². The Morgan fingerprint density at radius 2 is 1.94 bits per heavy atom. The Labute approximate surface area is 95.8 Å². The Morgan fingerprint density at radius 3 is 2.56 bits per heavy atom. The van der Waals surface area contributed by atoms with Gasteiger partial charge in [-0.3, -0.25) is 0 Å². The first-order valence-electron chi connectivity index (χ1n) is 5.95. The topological polar surface area (TPSA) is 71.4 Å². The third-order valence-electron chi connectivity index (χ3n) is 3.21. The molecule has 4 heteroatoms. The maximum absolute atomic E-state index is 8.87. The van der Waals surface area contributed by atoms with Gasteiger partial charge < -0.3 is 20.6 Å². The Morgan fingerprint density at radius 1 is 1.25 bits per heavy atom. The summed E-state index contributed by atoms with van der Waals surface area (Å²) in [7, 11) is 0. The lowest BCUT2D eigenvalue weighted by Crippen LogP contribution is -2.36. The fourth-order valence-electron chi connectivity index (χ4n) is 2.17. The van der Waals surface area contributed by atoms with Crippen LogP contribution in [0.15, 0.2) is 16.5 Å². The SMILES string of the molecule is NC1CCC(NCc2ccc(CO)o2)CC1. The normalized spacial score (nSPS) is 25.9. The Balaban J connectivity index is 1.74. The lowest BCUT2D eigenvalue weighted by Gasteiger charge is -2.26. The quantitative estimate of drug-likeness (QED) is 0.717. The molecule has 1 aliphatic rings. The highest BCUT2D eigenvalue weighted by molar-refractivity contribution is 5.06. The first-order chi connectivity index (χ1) is 7.78. The van der Waals surface area contributed by atoms with Crippen molar-refractivity contribution >= 4 is 0 Å². The lowest BCUT2D eigenvalue weighted by atomic mass is 9.92. The summed E-state index contributed by atoms with van der Waals surface area (Å²) >= 11 is 0. The zero-order chi connectivity index (χ0) is 11.4. The van der Waals surface area contributed by atoms with Crippen molar-refractivity contribution in [2.75, 3.05) is 0 Å². The maximum Gasteiger partial charge on any atom is 0.129 e. The average molecular weight is 224 g/mol. The minimum atomic E-state index is -0.0295. The van der Waals surface area contributed by atoms with Gasteiger partial charge in [0.25, 0.3) is 0 Å². The Hall–Kier alpha value is -0.840. The van der Waals surface area contributed by atoms with Crippen molar-refractivity contribution < 1.29 is 9.52 Å². The van der Waals surface area contributed by atoms with Crippen LogP contribution in [0.4, 0.5) is 0 Å². The molecule has 0 atom stereocenters. The Bertz CT molecular complexity index is 317. The largest absolute Gasteiger partial charge is 0.462 e. The van der Waals surface area contributed by atoms with Gasteiger partial charge in [-0.05, 0) is 37.8 Å². The molecule has 0 bridgehead atoms. The van der Waals surface area contributed by atoms with Gasteiger partial charge in [0.15, 0.2) is 0 Å². The Kier molecular flexibility index (Phi) is 3.98. The van der Waals surface area contributed by atoms with E-state index in [1.165, 1.54) is 0 Å². The van der Waals surface area contributed by atoms with Gasteiger partial charge in [-0.15, -0.1) is 0 Å². The van der Waals surface area contributed by atoms with E-state index in [-0.39, 0.29) is 6.61 Å². The van der Waals surface area contributed by atoms with Gasteiger partial charge in [0.1, 0.15) is 18.1 Å². The smallest absolute Gasteiger partial charge is 0.129 e. The molecule has 90 valence electrons. The summed E-state index contributed by atoms with van der Waals surface area (Å²) in [5, 5.41) is 12.3. The van der Waals surface area contributed by atoms with E-state index in [0.29, 0.717) is 17.8 Å². The van der Waals surface area contributed by atoms with Gasteiger partial charge in [0, 0.05) is 12.1 Å². The second-order valence-corrected chi connectivity index (χ2v) is 4.52. The van der Waals surface area contributed by atoms with Crippen molar-refractivity contribution in [2.45, 2.75) is 50.9 Å². The fourth-order valence-corrected chi connectivity index (χ4v) is 2.17. The van der Waals surface area contributed by atoms with Crippen molar-refractivity contribution in [1.82, 2.24) is 5.32 Å².